The second-order valence-electron chi connectivity index (χ2n) is 5.37. The molecule has 0 radical (unpaired) electrons. The third kappa shape index (κ3) is 4.79. The highest BCUT2D eigenvalue weighted by molar-refractivity contribution is 7.91. The lowest BCUT2D eigenvalue weighted by atomic mass is 10.4. The number of carbonyl (C=O) groups excluding carboxylic acids is 1. The van der Waals surface area contributed by atoms with Gasteiger partial charge in [-0.15, -0.1) is 10.2 Å². The van der Waals surface area contributed by atoms with Gasteiger partial charge in [0.15, 0.2) is 0 Å². The number of nitrogens with zero attached hydrogens (tertiary/aromatic N) is 3. The van der Waals surface area contributed by atoms with Crippen molar-refractivity contribution in [2.24, 2.45) is 0 Å². The van der Waals surface area contributed by atoms with E-state index in [1.54, 1.807) is 0 Å². The van der Waals surface area contributed by atoms with Gasteiger partial charge in [0.05, 0.1) is 16.3 Å². The number of amides is 1. The van der Waals surface area contributed by atoms with Crippen LogP contribution in [-0.2, 0) is 21.2 Å². The van der Waals surface area contributed by atoms with Gasteiger partial charge in [-0.2, -0.15) is 0 Å². The van der Waals surface area contributed by atoms with Crippen molar-refractivity contribution in [1.82, 2.24) is 20.5 Å². The van der Waals surface area contributed by atoms with Crippen LogP contribution in [0.3, 0.4) is 0 Å². The molecule has 27 heavy (non-hydrogen) atoms. The molecule has 0 saturated heterocycles. The molecule has 0 fully saturated rings. The predicted molar refractivity (Wildman–Crippen MR) is 102 cm³/mol. The van der Waals surface area contributed by atoms with Crippen LogP contribution in [0.5, 0.6) is 0 Å². The molecule has 0 saturated carbocycles. The van der Waals surface area contributed by atoms with Gasteiger partial charge in [0, 0.05) is 18.1 Å². The molecule has 3 rings (SSSR count). The zero-order chi connectivity index (χ0) is 19.4. The van der Waals surface area contributed by atoms with Gasteiger partial charge < -0.3 is 10.6 Å². The first-order valence-electron chi connectivity index (χ1n) is 7.65. The van der Waals surface area contributed by atoms with Gasteiger partial charge in [-0.3, -0.25) is 4.79 Å². The smallest absolute Gasteiger partial charge is 0.217 e. The zero-order valence-corrected chi connectivity index (χ0v) is 16.4. The van der Waals surface area contributed by atoms with E-state index in [4.69, 9.17) is 11.6 Å². The van der Waals surface area contributed by atoms with Gasteiger partial charge >= 0.3 is 0 Å². The van der Waals surface area contributed by atoms with E-state index in [1.165, 1.54) is 60.9 Å². The Morgan fingerprint density at radius 2 is 1.81 bits per heavy atom. The lowest BCUT2D eigenvalue weighted by Gasteiger charge is -2.06. The predicted octanol–water partition coefficient (Wildman–Crippen LogP) is 2.80. The Labute approximate surface area is 164 Å². The summed E-state index contributed by atoms with van der Waals surface area (Å²) in [5.74, 6) is 0.270. The molecule has 0 aliphatic carbocycles. The molecule has 2 N–H and O–H groups in total. The fourth-order valence-corrected chi connectivity index (χ4v) is 4.07. The number of hydrogen-bond acceptors (Lipinski definition) is 8. The van der Waals surface area contributed by atoms with E-state index in [2.05, 4.69) is 25.8 Å². The maximum absolute atomic E-state index is 12.6. The van der Waals surface area contributed by atoms with E-state index in [9.17, 15) is 13.2 Å². The minimum absolute atomic E-state index is 0.0685. The molecule has 3 aromatic rings. The number of hydrogen-bond donors (Lipinski definition) is 2. The van der Waals surface area contributed by atoms with Crippen molar-refractivity contribution in [1.29, 1.82) is 0 Å². The molecule has 1 amide bonds. The van der Waals surface area contributed by atoms with Gasteiger partial charge in [0.1, 0.15) is 10.8 Å². The molecule has 2 aromatic heterocycles. The first-order valence-corrected chi connectivity index (χ1v) is 10.3. The average molecular weight is 424 g/mol. The number of rotatable bonds is 6. The Balaban J connectivity index is 1.72. The fourth-order valence-electron chi connectivity index (χ4n) is 2.05. The van der Waals surface area contributed by atoms with Crippen LogP contribution in [0.25, 0.3) is 0 Å². The lowest BCUT2D eigenvalue weighted by molar-refractivity contribution is -0.119. The number of anilines is 2. The van der Waals surface area contributed by atoms with Crippen molar-refractivity contribution >= 4 is 49.6 Å². The van der Waals surface area contributed by atoms with Crippen LogP contribution in [0.4, 0.5) is 10.9 Å². The standard InChI is InChI=1S/C16H14ClN5O3S2/c1-10(23)18-9-15-21-22-16(26-15)20-14-7-6-13(8-19-14)27(24,25)12-4-2-11(17)3-5-12/h2-8H,9H2,1H3,(H,18,23)(H,19,20,22). The Kier molecular flexibility index (Phi) is 5.68. The molecule has 0 spiro atoms. The quantitative estimate of drug-likeness (QED) is 0.626. The molecule has 1 aromatic carbocycles. The molecule has 0 aliphatic rings. The lowest BCUT2D eigenvalue weighted by Crippen LogP contribution is -2.18. The molecule has 0 atom stereocenters. The largest absolute Gasteiger partial charge is 0.350 e. The second kappa shape index (κ2) is 7.99. The number of aromatic nitrogens is 3. The third-order valence-electron chi connectivity index (χ3n) is 3.36. The summed E-state index contributed by atoms with van der Waals surface area (Å²) in [7, 11) is -3.67. The normalized spacial score (nSPS) is 11.2. The SMILES string of the molecule is CC(=O)NCc1nnc(Nc2ccc(S(=O)(=O)c3ccc(Cl)cc3)cn2)s1. The van der Waals surface area contributed by atoms with Gasteiger partial charge in [-0.05, 0) is 36.4 Å². The molecule has 8 nitrogen and oxygen atoms in total. The fraction of sp³-hybridized carbons (Fsp3) is 0.125. The number of nitrogens with one attached hydrogen (secondary N) is 2. The van der Waals surface area contributed by atoms with Gasteiger partial charge in [-0.25, -0.2) is 13.4 Å². The molecular formula is C16H14ClN5O3S2. The number of sulfone groups is 1. The molecule has 0 unspecified atom stereocenters. The summed E-state index contributed by atoms with van der Waals surface area (Å²) >= 11 is 7.06. The second-order valence-corrected chi connectivity index (χ2v) is 8.82. The van der Waals surface area contributed by atoms with Crippen LogP contribution in [0.15, 0.2) is 52.4 Å². The van der Waals surface area contributed by atoms with Crippen molar-refractivity contribution in [3.05, 3.63) is 52.6 Å². The highest BCUT2D eigenvalue weighted by atomic mass is 35.5. The van der Waals surface area contributed by atoms with Crippen molar-refractivity contribution in [2.45, 2.75) is 23.3 Å². The van der Waals surface area contributed by atoms with E-state index in [-0.39, 0.29) is 15.7 Å². The summed E-state index contributed by atoms with van der Waals surface area (Å²) in [6.07, 6.45) is 1.27. The average Bonchev–Trinajstić information content (AvgIpc) is 3.08. The molecule has 11 heteroatoms. The maximum Gasteiger partial charge on any atom is 0.217 e. The van der Waals surface area contributed by atoms with Crippen molar-refractivity contribution in [3.8, 4) is 0 Å². The van der Waals surface area contributed by atoms with Gasteiger partial charge in [0.2, 0.25) is 20.9 Å². The number of halogens is 1. The van der Waals surface area contributed by atoms with Crippen LogP contribution < -0.4 is 10.6 Å². The minimum Gasteiger partial charge on any atom is -0.350 e. The van der Waals surface area contributed by atoms with Crippen molar-refractivity contribution in [2.75, 3.05) is 5.32 Å². The summed E-state index contributed by atoms with van der Waals surface area (Å²) < 4.78 is 25.2. The van der Waals surface area contributed by atoms with Crippen molar-refractivity contribution in [3.63, 3.8) is 0 Å². The highest BCUT2D eigenvalue weighted by Gasteiger charge is 2.18. The van der Waals surface area contributed by atoms with E-state index in [0.29, 0.717) is 27.5 Å². The number of carbonyl (C=O) groups is 1. The minimum atomic E-state index is -3.67. The summed E-state index contributed by atoms with van der Waals surface area (Å²) in [6.45, 7) is 1.71. The van der Waals surface area contributed by atoms with Crippen LogP contribution in [0.1, 0.15) is 11.9 Å². The Hall–Kier alpha value is -2.56. The third-order valence-corrected chi connectivity index (χ3v) is 6.21. The van der Waals surface area contributed by atoms with Crippen molar-refractivity contribution < 1.29 is 13.2 Å². The zero-order valence-electron chi connectivity index (χ0n) is 14.0. The Morgan fingerprint density at radius 1 is 1.11 bits per heavy atom. The molecular weight excluding hydrogens is 410 g/mol. The van der Waals surface area contributed by atoms with E-state index in [0.717, 1.165) is 0 Å². The highest BCUT2D eigenvalue weighted by Crippen LogP contribution is 2.24. The van der Waals surface area contributed by atoms with Gasteiger partial charge in [-0.1, -0.05) is 22.9 Å². The summed E-state index contributed by atoms with van der Waals surface area (Å²) in [4.78, 5) is 15.2. The number of pyridine rings is 1. The summed E-state index contributed by atoms with van der Waals surface area (Å²) in [5, 5.41) is 15.1. The summed E-state index contributed by atoms with van der Waals surface area (Å²) in [6, 6.07) is 8.93. The van der Waals surface area contributed by atoms with Crippen LogP contribution >= 0.6 is 22.9 Å². The van der Waals surface area contributed by atoms with Crippen LogP contribution in [0.2, 0.25) is 5.02 Å². The first kappa shape index (κ1) is 19.2. The number of benzene rings is 1. The van der Waals surface area contributed by atoms with E-state index >= 15 is 0 Å². The van der Waals surface area contributed by atoms with Crippen LogP contribution in [-0.4, -0.2) is 29.5 Å². The maximum atomic E-state index is 12.6. The first-order chi connectivity index (χ1) is 12.8. The molecule has 0 aliphatic heterocycles. The molecule has 140 valence electrons. The molecule has 0 bridgehead atoms. The molecule has 2 heterocycles. The van der Waals surface area contributed by atoms with E-state index < -0.39 is 9.84 Å². The Morgan fingerprint density at radius 3 is 2.44 bits per heavy atom. The summed E-state index contributed by atoms with van der Waals surface area (Å²) in [5.41, 5.74) is 0. The Bertz CT molecular complexity index is 1050. The monoisotopic (exact) mass is 423 g/mol. The van der Waals surface area contributed by atoms with Crippen LogP contribution in [0, 0.1) is 0 Å². The topological polar surface area (TPSA) is 114 Å². The van der Waals surface area contributed by atoms with E-state index in [1.807, 2.05) is 0 Å². The van der Waals surface area contributed by atoms with Gasteiger partial charge in [0.25, 0.3) is 0 Å².